The normalized spacial score (nSPS) is 16.8. The summed E-state index contributed by atoms with van der Waals surface area (Å²) in [5, 5.41) is 4.67. The molecule has 0 saturated carbocycles. The zero-order valence-corrected chi connectivity index (χ0v) is 15.9. The highest BCUT2D eigenvalue weighted by Crippen LogP contribution is 2.23. The molecule has 1 amide bonds. The fraction of sp³-hybridized carbons (Fsp3) is 0.381. The van der Waals surface area contributed by atoms with Gasteiger partial charge in [-0.3, -0.25) is 4.79 Å². The monoisotopic (exact) mass is 363 g/mol. The molecule has 6 nitrogen and oxygen atoms in total. The third-order valence-electron chi connectivity index (χ3n) is 5.45. The summed E-state index contributed by atoms with van der Waals surface area (Å²) in [6, 6.07) is 10.3. The summed E-state index contributed by atoms with van der Waals surface area (Å²) in [6.07, 6.45) is 8.08. The Bertz CT molecular complexity index is 914. The van der Waals surface area contributed by atoms with E-state index in [4.69, 9.17) is 0 Å². The van der Waals surface area contributed by atoms with E-state index in [2.05, 4.69) is 14.6 Å². The van der Waals surface area contributed by atoms with Crippen LogP contribution in [0.4, 0.5) is 0 Å². The second-order valence-corrected chi connectivity index (χ2v) is 7.22. The highest BCUT2D eigenvalue weighted by atomic mass is 16.2. The molecule has 0 aliphatic carbocycles. The second-order valence-electron chi connectivity index (χ2n) is 7.22. The van der Waals surface area contributed by atoms with Crippen LogP contribution in [0.15, 0.2) is 49.1 Å². The Morgan fingerprint density at radius 3 is 2.78 bits per heavy atom. The predicted molar refractivity (Wildman–Crippen MR) is 104 cm³/mol. The first-order chi connectivity index (χ1) is 13.1. The van der Waals surface area contributed by atoms with Crippen LogP contribution in [0, 0.1) is 13.8 Å². The number of hydrogen-bond donors (Lipinski definition) is 0. The average Bonchev–Trinajstić information content (AvgIpc) is 3.41. The van der Waals surface area contributed by atoms with Gasteiger partial charge in [0.1, 0.15) is 0 Å². The molecule has 0 spiro atoms. The molecular formula is C21H25N5O. The number of rotatable bonds is 5. The van der Waals surface area contributed by atoms with Gasteiger partial charge in [-0.05, 0) is 38.8 Å². The summed E-state index contributed by atoms with van der Waals surface area (Å²) in [7, 11) is 0. The molecule has 0 N–H and O–H groups in total. The summed E-state index contributed by atoms with van der Waals surface area (Å²) < 4.78 is 3.99. The van der Waals surface area contributed by atoms with E-state index in [1.165, 1.54) is 0 Å². The minimum Gasteiger partial charge on any atom is -0.338 e. The molecule has 1 atom stereocenters. The number of amides is 1. The molecule has 0 unspecified atom stereocenters. The Labute approximate surface area is 159 Å². The predicted octanol–water partition coefficient (Wildman–Crippen LogP) is 2.92. The molecule has 140 valence electrons. The number of nitrogens with zero attached hydrogens (tertiary/aromatic N) is 5. The fourth-order valence-corrected chi connectivity index (χ4v) is 4.00. The molecule has 4 rings (SSSR count). The molecule has 1 saturated heterocycles. The van der Waals surface area contributed by atoms with E-state index in [0.717, 1.165) is 48.6 Å². The lowest BCUT2D eigenvalue weighted by Gasteiger charge is -2.25. The Balaban J connectivity index is 1.52. The highest BCUT2D eigenvalue weighted by molar-refractivity contribution is 5.80. The topological polar surface area (TPSA) is 56.0 Å². The van der Waals surface area contributed by atoms with Gasteiger partial charge in [-0.25, -0.2) is 9.67 Å². The van der Waals surface area contributed by atoms with Crippen LogP contribution in [0.3, 0.4) is 0 Å². The number of hydrogen-bond acceptors (Lipinski definition) is 3. The summed E-state index contributed by atoms with van der Waals surface area (Å²) in [5.74, 6) is 0.191. The van der Waals surface area contributed by atoms with Crippen LogP contribution in [-0.4, -0.2) is 42.7 Å². The molecule has 3 heterocycles. The molecular weight excluding hydrogens is 338 g/mol. The number of para-hydroxylation sites is 1. The van der Waals surface area contributed by atoms with Gasteiger partial charge in [-0.2, -0.15) is 5.10 Å². The maximum absolute atomic E-state index is 13.1. The molecule has 1 aliphatic heterocycles. The first-order valence-electron chi connectivity index (χ1n) is 9.49. The van der Waals surface area contributed by atoms with Gasteiger partial charge in [0.15, 0.2) is 0 Å². The number of aryl methyl sites for hydroxylation is 1. The molecule has 6 heteroatoms. The van der Waals surface area contributed by atoms with Crippen LogP contribution in [0.2, 0.25) is 0 Å². The van der Waals surface area contributed by atoms with E-state index in [1.54, 1.807) is 6.20 Å². The third-order valence-corrected chi connectivity index (χ3v) is 5.45. The maximum Gasteiger partial charge on any atom is 0.227 e. The minimum absolute atomic E-state index is 0.191. The first kappa shape index (κ1) is 17.5. The summed E-state index contributed by atoms with van der Waals surface area (Å²) in [5.41, 5.74) is 4.03. The summed E-state index contributed by atoms with van der Waals surface area (Å²) >= 11 is 0. The molecule has 1 fully saturated rings. The Hall–Kier alpha value is -2.89. The lowest BCUT2D eigenvalue weighted by Crippen LogP contribution is -2.39. The molecule has 2 aromatic heterocycles. The third kappa shape index (κ3) is 3.52. The molecule has 1 aliphatic rings. The number of carbonyl (C=O) groups is 1. The second kappa shape index (κ2) is 7.39. The van der Waals surface area contributed by atoms with Crippen molar-refractivity contribution in [1.29, 1.82) is 0 Å². The van der Waals surface area contributed by atoms with Crippen molar-refractivity contribution in [2.75, 3.05) is 6.54 Å². The van der Waals surface area contributed by atoms with Gasteiger partial charge in [0.25, 0.3) is 0 Å². The van der Waals surface area contributed by atoms with Crippen molar-refractivity contribution in [3.8, 4) is 5.69 Å². The SMILES string of the molecule is Cc1nn(-c2ccccc2)c(C)c1CC(=O)N1CCC[C@@H]1Cn1ccnc1. The Morgan fingerprint density at radius 2 is 2.04 bits per heavy atom. The van der Waals surface area contributed by atoms with Crippen molar-refractivity contribution in [2.24, 2.45) is 0 Å². The lowest BCUT2D eigenvalue weighted by molar-refractivity contribution is -0.131. The van der Waals surface area contributed by atoms with Crippen molar-refractivity contribution >= 4 is 5.91 Å². The zero-order valence-electron chi connectivity index (χ0n) is 15.9. The first-order valence-corrected chi connectivity index (χ1v) is 9.49. The van der Waals surface area contributed by atoms with E-state index in [0.29, 0.717) is 6.42 Å². The molecule has 27 heavy (non-hydrogen) atoms. The van der Waals surface area contributed by atoms with Crippen molar-refractivity contribution in [1.82, 2.24) is 24.2 Å². The van der Waals surface area contributed by atoms with E-state index < -0.39 is 0 Å². The fourth-order valence-electron chi connectivity index (χ4n) is 4.00. The van der Waals surface area contributed by atoms with Gasteiger partial charge >= 0.3 is 0 Å². The Kier molecular flexibility index (Phi) is 4.79. The van der Waals surface area contributed by atoms with Crippen molar-refractivity contribution in [3.05, 3.63) is 66.0 Å². The molecule has 1 aromatic carbocycles. The number of benzene rings is 1. The maximum atomic E-state index is 13.1. The van der Waals surface area contributed by atoms with Crippen molar-refractivity contribution < 1.29 is 4.79 Å². The van der Waals surface area contributed by atoms with Crippen molar-refractivity contribution in [3.63, 3.8) is 0 Å². The van der Waals surface area contributed by atoms with Gasteiger partial charge in [0, 0.05) is 42.8 Å². The zero-order chi connectivity index (χ0) is 18.8. The van der Waals surface area contributed by atoms with Gasteiger partial charge in [-0.1, -0.05) is 18.2 Å². The molecule has 0 radical (unpaired) electrons. The highest BCUT2D eigenvalue weighted by Gasteiger charge is 2.30. The van der Waals surface area contributed by atoms with Crippen LogP contribution in [0.25, 0.3) is 5.69 Å². The van der Waals surface area contributed by atoms with Crippen LogP contribution in [0.5, 0.6) is 0 Å². The molecule has 0 bridgehead atoms. The van der Waals surface area contributed by atoms with Crippen LogP contribution >= 0.6 is 0 Å². The van der Waals surface area contributed by atoms with E-state index in [1.807, 2.05) is 66.3 Å². The largest absolute Gasteiger partial charge is 0.338 e. The van der Waals surface area contributed by atoms with Gasteiger partial charge in [0.05, 0.1) is 24.1 Å². The minimum atomic E-state index is 0.191. The summed E-state index contributed by atoms with van der Waals surface area (Å²) in [4.78, 5) is 19.2. The quantitative estimate of drug-likeness (QED) is 0.700. The summed E-state index contributed by atoms with van der Waals surface area (Å²) in [6.45, 7) is 5.68. The van der Waals surface area contributed by atoms with Gasteiger partial charge in [0.2, 0.25) is 5.91 Å². The number of likely N-dealkylation sites (tertiary alicyclic amines) is 1. The van der Waals surface area contributed by atoms with Crippen LogP contribution < -0.4 is 0 Å². The lowest BCUT2D eigenvalue weighted by atomic mass is 10.1. The smallest absolute Gasteiger partial charge is 0.227 e. The van der Waals surface area contributed by atoms with E-state index >= 15 is 0 Å². The number of aromatic nitrogens is 4. The average molecular weight is 363 g/mol. The molecule has 3 aromatic rings. The van der Waals surface area contributed by atoms with E-state index in [9.17, 15) is 4.79 Å². The number of carbonyl (C=O) groups excluding carboxylic acids is 1. The van der Waals surface area contributed by atoms with E-state index in [-0.39, 0.29) is 11.9 Å². The standard InChI is InChI=1S/C21H25N5O/c1-16-20(17(2)26(23-16)18-7-4-3-5-8-18)13-21(27)25-11-6-9-19(25)14-24-12-10-22-15-24/h3-5,7-8,10,12,15,19H,6,9,11,13-14H2,1-2H3/t19-/m1/s1. The van der Waals surface area contributed by atoms with Gasteiger partial charge in [-0.15, -0.1) is 0 Å². The van der Waals surface area contributed by atoms with Crippen molar-refractivity contribution in [2.45, 2.75) is 45.7 Å². The number of imidazole rings is 1. The van der Waals surface area contributed by atoms with Crippen LogP contribution in [-0.2, 0) is 17.8 Å². The van der Waals surface area contributed by atoms with Gasteiger partial charge < -0.3 is 9.47 Å². The Morgan fingerprint density at radius 1 is 1.22 bits per heavy atom. The van der Waals surface area contributed by atoms with Crippen LogP contribution in [0.1, 0.15) is 29.8 Å².